The minimum atomic E-state index is -4.60. The first kappa shape index (κ1) is 20.6. The van der Waals surface area contributed by atoms with E-state index in [2.05, 4.69) is 20.4 Å². The topological polar surface area (TPSA) is 120 Å². The summed E-state index contributed by atoms with van der Waals surface area (Å²) in [5.74, 6) is 0. The lowest BCUT2D eigenvalue weighted by Gasteiger charge is -2.22. The van der Waals surface area contributed by atoms with Crippen LogP contribution in [0.5, 0.6) is 6.01 Å². The van der Waals surface area contributed by atoms with Crippen molar-refractivity contribution in [3.8, 4) is 12.1 Å². The maximum atomic E-state index is 12.9. The molecular weight excluding hydrogens is 403 g/mol. The number of amides is 2. The summed E-state index contributed by atoms with van der Waals surface area (Å²) in [7, 11) is 1.37. The highest BCUT2D eigenvalue weighted by Gasteiger charge is 2.33. The predicted octanol–water partition coefficient (Wildman–Crippen LogP) is 3.34. The maximum absolute atomic E-state index is 12.9. The molecule has 0 aliphatic carbocycles. The molecule has 0 fully saturated rings. The van der Waals surface area contributed by atoms with Gasteiger partial charge >= 0.3 is 18.2 Å². The van der Waals surface area contributed by atoms with Crippen molar-refractivity contribution in [1.82, 2.24) is 20.2 Å². The zero-order chi connectivity index (χ0) is 21.7. The molecule has 30 heavy (non-hydrogen) atoms. The minimum absolute atomic E-state index is 0.0286. The summed E-state index contributed by atoms with van der Waals surface area (Å²) in [5, 5.41) is 17.1. The molecule has 0 bridgehead atoms. The van der Waals surface area contributed by atoms with Crippen LogP contribution < -0.4 is 15.0 Å². The molecule has 0 atom stereocenters. The number of hydrogen-bond donors (Lipinski definition) is 2. The fourth-order valence-corrected chi connectivity index (χ4v) is 2.44. The van der Waals surface area contributed by atoms with Crippen molar-refractivity contribution >= 4 is 17.4 Å². The molecule has 1 aromatic carbocycles. The molecule has 12 heteroatoms. The third kappa shape index (κ3) is 4.82. The van der Waals surface area contributed by atoms with Gasteiger partial charge in [0.15, 0.2) is 0 Å². The van der Waals surface area contributed by atoms with Crippen LogP contribution in [0.25, 0.3) is 0 Å². The Morgan fingerprint density at radius 3 is 2.63 bits per heavy atom. The first-order chi connectivity index (χ1) is 14.3. The number of ether oxygens (including phenoxy) is 1. The molecule has 0 aliphatic rings. The number of H-pyrrole nitrogens is 1. The molecule has 2 aromatic heterocycles. The van der Waals surface area contributed by atoms with E-state index in [9.17, 15) is 18.0 Å². The number of methoxy groups -OCH3 is 1. The quantitative estimate of drug-likeness (QED) is 0.657. The first-order valence-electron chi connectivity index (χ1n) is 8.36. The normalized spacial score (nSPS) is 10.9. The van der Waals surface area contributed by atoms with Gasteiger partial charge in [-0.05, 0) is 24.3 Å². The monoisotopic (exact) mass is 417 g/mol. The van der Waals surface area contributed by atoms with Crippen LogP contribution in [0.4, 0.5) is 29.3 Å². The van der Waals surface area contributed by atoms with E-state index < -0.39 is 17.9 Å². The molecular formula is C18H14F3N7O2. The zero-order valence-corrected chi connectivity index (χ0v) is 15.4. The second-order valence-corrected chi connectivity index (χ2v) is 5.91. The predicted molar refractivity (Wildman–Crippen MR) is 98.5 cm³/mol. The van der Waals surface area contributed by atoms with Crippen LogP contribution in [-0.2, 0) is 12.7 Å². The molecule has 0 aliphatic heterocycles. The molecule has 0 saturated heterocycles. The van der Waals surface area contributed by atoms with Gasteiger partial charge in [0.2, 0.25) is 0 Å². The molecule has 2 heterocycles. The Hall–Kier alpha value is -4.14. The van der Waals surface area contributed by atoms with E-state index in [0.29, 0.717) is 11.3 Å². The van der Waals surface area contributed by atoms with E-state index in [1.807, 2.05) is 11.2 Å². The number of alkyl halides is 3. The Morgan fingerprint density at radius 1 is 1.30 bits per heavy atom. The molecule has 154 valence electrons. The van der Waals surface area contributed by atoms with Crippen LogP contribution in [0.2, 0.25) is 0 Å². The van der Waals surface area contributed by atoms with Crippen molar-refractivity contribution in [1.29, 1.82) is 5.26 Å². The van der Waals surface area contributed by atoms with Gasteiger partial charge in [0.25, 0.3) is 0 Å². The lowest BCUT2D eigenvalue weighted by atomic mass is 10.2. The fourth-order valence-electron chi connectivity index (χ4n) is 2.44. The lowest BCUT2D eigenvalue weighted by molar-refractivity contribution is -0.141. The van der Waals surface area contributed by atoms with Gasteiger partial charge in [0, 0.05) is 5.69 Å². The summed E-state index contributed by atoms with van der Waals surface area (Å²) >= 11 is 0. The van der Waals surface area contributed by atoms with Crippen molar-refractivity contribution in [2.45, 2.75) is 12.7 Å². The number of anilines is 2. The third-order valence-corrected chi connectivity index (χ3v) is 3.85. The Balaban J connectivity index is 1.89. The highest BCUT2D eigenvalue weighted by Crippen LogP contribution is 2.28. The summed E-state index contributed by atoms with van der Waals surface area (Å²) < 4.78 is 43.4. The molecule has 3 aromatic rings. The van der Waals surface area contributed by atoms with Crippen LogP contribution in [0, 0.1) is 11.3 Å². The number of aromatic amines is 1. The Morgan fingerprint density at radius 2 is 2.03 bits per heavy atom. The summed E-state index contributed by atoms with van der Waals surface area (Å²) in [6, 6.07) is 8.30. The van der Waals surface area contributed by atoms with Crippen LogP contribution >= 0.6 is 0 Å². The van der Waals surface area contributed by atoms with E-state index in [1.165, 1.54) is 25.6 Å². The number of carbonyl (C=O) groups is 1. The number of benzene rings is 1. The Labute approximate surface area is 168 Å². The summed E-state index contributed by atoms with van der Waals surface area (Å²) in [6.07, 6.45) is -2.03. The van der Waals surface area contributed by atoms with E-state index in [0.717, 1.165) is 11.0 Å². The number of carbonyl (C=O) groups excluding carboxylic acids is 1. The van der Waals surface area contributed by atoms with Gasteiger partial charge < -0.3 is 10.1 Å². The largest absolute Gasteiger partial charge is 0.467 e. The minimum Gasteiger partial charge on any atom is -0.467 e. The summed E-state index contributed by atoms with van der Waals surface area (Å²) in [4.78, 5) is 21.8. The van der Waals surface area contributed by atoms with Crippen LogP contribution in [0.3, 0.4) is 0 Å². The number of rotatable bonds is 5. The fraction of sp³-hybridized carbons (Fsp3) is 0.167. The Bertz CT molecular complexity index is 1070. The molecule has 2 amide bonds. The van der Waals surface area contributed by atoms with Gasteiger partial charge in [-0.25, -0.2) is 14.8 Å². The van der Waals surface area contributed by atoms with Gasteiger partial charge in [-0.15, -0.1) is 0 Å². The summed E-state index contributed by atoms with van der Waals surface area (Å²) in [6.45, 7) is -0.300. The number of aromatic nitrogens is 4. The van der Waals surface area contributed by atoms with Crippen molar-refractivity contribution in [3.63, 3.8) is 0 Å². The van der Waals surface area contributed by atoms with Crippen molar-refractivity contribution in [3.05, 3.63) is 59.7 Å². The highest BCUT2D eigenvalue weighted by molar-refractivity contribution is 6.01. The molecule has 0 radical (unpaired) electrons. The van der Waals surface area contributed by atoms with Gasteiger partial charge in [-0.2, -0.15) is 23.5 Å². The first-order valence-corrected chi connectivity index (χ1v) is 8.36. The SMILES string of the molecule is COc1ncc(N(Cc2cc(C(F)(F)F)[nH]n2)C(=O)Nc2cccc(C#N)c2)cn1. The average Bonchev–Trinajstić information content (AvgIpc) is 3.21. The molecule has 2 N–H and O–H groups in total. The van der Waals surface area contributed by atoms with Crippen molar-refractivity contribution in [2.75, 3.05) is 17.3 Å². The van der Waals surface area contributed by atoms with Gasteiger partial charge in [0.1, 0.15) is 5.69 Å². The number of nitrogens with one attached hydrogen (secondary N) is 2. The number of nitrogens with zero attached hydrogens (tertiary/aromatic N) is 5. The smallest absolute Gasteiger partial charge is 0.432 e. The number of hydrogen-bond acceptors (Lipinski definition) is 6. The summed E-state index contributed by atoms with van der Waals surface area (Å²) in [5.41, 5.74) is -0.211. The number of halogens is 3. The van der Waals surface area contributed by atoms with Crippen LogP contribution in [0.1, 0.15) is 17.0 Å². The molecule has 0 spiro atoms. The standard InChI is InChI=1S/C18H14F3N7O2/c1-30-16-23-8-14(9-24-16)28(10-13-6-15(27-26-13)18(19,20)21)17(29)25-12-4-2-3-11(5-12)7-22/h2-6,8-9H,10H2,1H3,(H,25,29)(H,26,27). The maximum Gasteiger partial charge on any atom is 0.432 e. The molecule has 0 unspecified atom stereocenters. The number of nitriles is 1. The second kappa shape index (κ2) is 8.48. The van der Waals surface area contributed by atoms with E-state index in [4.69, 9.17) is 10.00 Å². The average molecular weight is 417 g/mol. The Kier molecular flexibility index (Phi) is 5.82. The third-order valence-electron chi connectivity index (χ3n) is 3.85. The van der Waals surface area contributed by atoms with E-state index in [1.54, 1.807) is 18.2 Å². The van der Waals surface area contributed by atoms with Crippen molar-refractivity contribution < 1.29 is 22.7 Å². The number of urea groups is 1. The van der Waals surface area contributed by atoms with Crippen molar-refractivity contribution in [2.24, 2.45) is 0 Å². The van der Waals surface area contributed by atoms with Crippen LogP contribution in [-0.4, -0.2) is 33.3 Å². The lowest BCUT2D eigenvalue weighted by Crippen LogP contribution is -2.34. The molecule has 0 saturated carbocycles. The van der Waals surface area contributed by atoms with E-state index >= 15 is 0 Å². The molecule has 3 rings (SSSR count). The second-order valence-electron chi connectivity index (χ2n) is 5.91. The van der Waals surface area contributed by atoms with E-state index in [-0.39, 0.29) is 23.9 Å². The zero-order valence-electron chi connectivity index (χ0n) is 15.4. The van der Waals surface area contributed by atoms with Gasteiger partial charge in [0.05, 0.1) is 49.1 Å². The molecule has 9 nitrogen and oxygen atoms in total. The highest BCUT2D eigenvalue weighted by atomic mass is 19.4. The van der Waals surface area contributed by atoms with Gasteiger partial charge in [-0.1, -0.05) is 6.07 Å². The van der Waals surface area contributed by atoms with Gasteiger partial charge in [-0.3, -0.25) is 10.00 Å². The van der Waals surface area contributed by atoms with Crippen LogP contribution in [0.15, 0.2) is 42.7 Å².